The van der Waals surface area contributed by atoms with Gasteiger partial charge in [0, 0.05) is 12.0 Å². The molecule has 0 aliphatic carbocycles. The van der Waals surface area contributed by atoms with Crippen molar-refractivity contribution in [3.05, 3.63) is 65.7 Å². The summed E-state index contributed by atoms with van der Waals surface area (Å²) in [5.41, 5.74) is 12.7. The van der Waals surface area contributed by atoms with Crippen LogP contribution in [0.15, 0.2) is 59.6 Å². The molecule has 1 aliphatic heterocycles. The first-order valence-electron chi connectivity index (χ1n) is 7.03. The van der Waals surface area contributed by atoms with Gasteiger partial charge in [0.05, 0.1) is 5.69 Å². The summed E-state index contributed by atoms with van der Waals surface area (Å²) in [4.78, 5) is 4.54. The molecule has 104 valence electrons. The number of amidine groups is 1. The zero-order chi connectivity index (χ0) is 14.8. The van der Waals surface area contributed by atoms with Crippen molar-refractivity contribution in [2.75, 3.05) is 0 Å². The van der Waals surface area contributed by atoms with E-state index in [-0.39, 0.29) is 0 Å². The fraction of sp³-hybridized carbons (Fsp3) is 0.105. The number of hydrogen-bond donors (Lipinski definition) is 1. The van der Waals surface area contributed by atoms with Crippen LogP contribution < -0.4 is 5.73 Å². The molecule has 2 aromatic carbocycles. The second kappa shape index (κ2) is 5.41. The summed E-state index contributed by atoms with van der Waals surface area (Å²) in [6, 6.07) is 14.7. The highest BCUT2D eigenvalue weighted by atomic mass is 14.9. The van der Waals surface area contributed by atoms with Crippen LogP contribution in [0.4, 0.5) is 5.69 Å². The van der Waals surface area contributed by atoms with E-state index in [1.165, 1.54) is 11.1 Å². The van der Waals surface area contributed by atoms with Gasteiger partial charge in [0.15, 0.2) is 0 Å². The van der Waals surface area contributed by atoms with E-state index < -0.39 is 0 Å². The monoisotopic (exact) mass is 274 g/mol. The Kier molecular flexibility index (Phi) is 3.44. The number of nitrogens with zero attached hydrogens (tertiary/aromatic N) is 1. The van der Waals surface area contributed by atoms with Crippen LogP contribution in [0.5, 0.6) is 0 Å². The summed E-state index contributed by atoms with van der Waals surface area (Å²) >= 11 is 0. The highest BCUT2D eigenvalue weighted by Crippen LogP contribution is 2.31. The standard InChI is InChI=1S/C19H18N2/c1-3-14-4-6-15(7-5-14)16-8-9-17-10-13(2)11-19(20)21-18(17)12-16/h3-10,12H,1,11H2,2H3,(H2,20,21). The summed E-state index contributed by atoms with van der Waals surface area (Å²) in [6.45, 7) is 5.86. The van der Waals surface area contributed by atoms with Crippen molar-refractivity contribution in [1.29, 1.82) is 0 Å². The van der Waals surface area contributed by atoms with Crippen LogP contribution in [-0.4, -0.2) is 5.84 Å². The van der Waals surface area contributed by atoms with Crippen molar-refractivity contribution in [3.8, 4) is 11.1 Å². The maximum absolute atomic E-state index is 5.96. The fourth-order valence-corrected chi connectivity index (χ4v) is 2.55. The third-order valence-corrected chi connectivity index (χ3v) is 3.64. The van der Waals surface area contributed by atoms with Gasteiger partial charge in [-0.05, 0) is 29.7 Å². The number of rotatable bonds is 2. The summed E-state index contributed by atoms with van der Waals surface area (Å²) < 4.78 is 0. The molecule has 0 atom stereocenters. The second-order valence-corrected chi connectivity index (χ2v) is 5.37. The molecule has 1 heterocycles. The van der Waals surface area contributed by atoms with Gasteiger partial charge in [-0.3, -0.25) is 0 Å². The molecule has 0 radical (unpaired) electrons. The first-order valence-corrected chi connectivity index (χ1v) is 7.03. The van der Waals surface area contributed by atoms with Crippen LogP contribution in [0.2, 0.25) is 0 Å². The molecule has 2 N–H and O–H groups in total. The van der Waals surface area contributed by atoms with Crippen molar-refractivity contribution in [2.24, 2.45) is 10.7 Å². The minimum atomic E-state index is 0.668. The summed E-state index contributed by atoms with van der Waals surface area (Å²) in [7, 11) is 0. The Bertz CT molecular complexity index is 750. The number of fused-ring (bicyclic) bond motifs is 1. The average Bonchev–Trinajstić information content (AvgIpc) is 2.63. The third kappa shape index (κ3) is 2.79. The van der Waals surface area contributed by atoms with Crippen molar-refractivity contribution in [1.82, 2.24) is 0 Å². The molecule has 21 heavy (non-hydrogen) atoms. The minimum Gasteiger partial charge on any atom is -0.387 e. The van der Waals surface area contributed by atoms with Crippen molar-refractivity contribution >= 4 is 23.7 Å². The molecule has 3 rings (SSSR count). The van der Waals surface area contributed by atoms with E-state index in [2.05, 4.69) is 67.0 Å². The number of aliphatic imine (C=N–C) groups is 1. The molecular formula is C19H18N2. The first-order chi connectivity index (χ1) is 10.2. The molecule has 0 bridgehead atoms. The lowest BCUT2D eigenvalue weighted by Crippen LogP contribution is -2.10. The van der Waals surface area contributed by atoms with Gasteiger partial charge in [-0.2, -0.15) is 0 Å². The predicted molar refractivity (Wildman–Crippen MR) is 91.5 cm³/mol. The van der Waals surface area contributed by atoms with Crippen LogP contribution in [-0.2, 0) is 0 Å². The largest absolute Gasteiger partial charge is 0.387 e. The molecule has 2 heteroatoms. The van der Waals surface area contributed by atoms with Crippen LogP contribution >= 0.6 is 0 Å². The Morgan fingerprint density at radius 2 is 1.81 bits per heavy atom. The van der Waals surface area contributed by atoms with E-state index in [1.54, 1.807) is 0 Å². The van der Waals surface area contributed by atoms with E-state index in [1.807, 2.05) is 6.08 Å². The van der Waals surface area contributed by atoms with Gasteiger partial charge in [0.2, 0.25) is 0 Å². The topological polar surface area (TPSA) is 38.4 Å². The molecule has 2 nitrogen and oxygen atoms in total. The average molecular weight is 274 g/mol. The molecule has 0 aromatic heterocycles. The SMILES string of the molecule is C=Cc1ccc(-c2ccc3c(c2)N=C(N)CC(C)=C3)cc1. The van der Waals surface area contributed by atoms with Crippen LogP contribution in [0.25, 0.3) is 23.3 Å². The van der Waals surface area contributed by atoms with Crippen LogP contribution in [0.3, 0.4) is 0 Å². The highest BCUT2D eigenvalue weighted by Gasteiger charge is 2.08. The van der Waals surface area contributed by atoms with Gasteiger partial charge in [-0.1, -0.05) is 60.7 Å². The molecule has 0 fully saturated rings. The summed E-state index contributed by atoms with van der Waals surface area (Å²) in [5.74, 6) is 0.668. The van der Waals surface area contributed by atoms with Gasteiger partial charge in [0.1, 0.15) is 5.84 Å². The molecule has 0 spiro atoms. The lowest BCUT2D eigenvalue weighted by Gasteiger charge is -2.06. The van der Waals surface area contributed by atoms with E-state index in [4.69, 9.17) is 5.73 Å². The first kappa shape index (κ1) is 13.4. The number of hydrogen-bond acceptors (Lipinski definition) is 2. The van der Waals surface area contributed by atoms with Crippen molar-refractivity contribution in [2.45, 2.75) is 13.3 Å². The van der Waals surface area contributed by atoms with Gasteiger partial charge in [0.25, 0.3) is 0 Å². The van der Waals surface area contributed by atoms with E-state index in [0.29, 0.717) is 5.84 Å². The normalized spacial score (nSPS) is 13.8. The zero-order valence-corrected chi connectivity index (χ0v) is 12.1. The molecule has 0 saturated carbocycles. The fourth-order valence-electron chi connectivity index (χ4n) is 2.55. The molecule has 1 aliphatic rings. The van der Waals surface area contributed by atoms with Gasteiger partial charge in [-0.25, -0.2) is 4.99 Å². The molecule has 2 aromatic rings. The Hall–Kier alpha value is -2.61. The van der Waals surface area contributed by atoms with Crippen molar-refractivity contribution in [3.63, 3.8) is 0 Å². The Labute approximate surface area is 125 Å². The van der Waals surface area contributed by atoms with Gasteiger partial charge >= 0.3 is 0 Å². The maximum Gasteiger partial charge on any atom is 0.104 e. The van der Waals surface area contributed by atoms with E-state index in [0.717, 1.165) is 28.8 Å². The lowest BCUT2D eigenvalue weighted by molar-refractivity contribution is 1.26. The summed E-state index contributed by atoms with van der Waals surface area (Å²) in [6.07, 6.45) is 4.74. The lowest BCUT2D eigenvalue weighted by atomic mass is 10.0. The van der Waals surface area contributed by atoms with Gasteiger partial charge < -0.3 is 5.73 Å². The van der Waals surface area contributed by atoms with Gasteiger partial charge in [-0.15, -0.1) is 0 Å². The van der Waals surface area contributed by atoms with Crippen molar-refractivity contribution < 1.29 is 0 Å². The Morgan fingerprint density at radius 3 is 2.52 bits per heavy atom. The molecule has 0 amide bonds. The molecular weight excluding hydrogens is 256 g/mol. The highest BCUT2D eigenvalue weighted by molar-refractivity contribution is 5.90. The molecule has 0 unspecified atom stereocenters. The number of benzene rings is 2. The second-order valence-electron chi connectivity index (χ2n) is 5.37. The third-order valence-electron chi connectivity index (χ3n) is 3.64. The predicted octanol–water partition coefficient (Wildman–Crippen LogP) is 4.79. The smallest absolute Gasteiger partial charge is 0.104 e. The van der Waals surface area contributed by atoms with E-state index in [9.17, 15) is 0 Å². The quantitative estimate of drug-likeness (QED) is 0.840. The maximum atomic E-state index is 5.96. The number of nitrogens with two attached hydrogens (primary N) is 1. The zero-order valence-electron chi connectivity index (χ0n) is 12.1. The van der Waals surface area contributed by atoms with E-state index >= 15 is 0 Å². The Balaban J connectivity index is 2.06. The van der Waals surface area contributed by atoms with Crippen LogP contribution in [0.1, 0.15) is 24.5 Å². The Morgan fingerprint density at radius 1 is 1.10 bits per heavy atom. The summed E-state index contributed by atoms with van der Waals surface area (Å²) in [5, 5.41) is 0. The minimum absolute atomic E-state index is 0.668. The molecule has 0 saturated heterocycles. The van der Waals surface area contributed by atoms with Crippen LogP contribution in [0, 0.1) is 0 Å².